The lowest BCUT2D eigenvalue weighted by Crippen LogP contribution is -2.37. The second-order valence-electron chi connectivity index (χ2n) is 8.05. The fourth-order valence-electron chi connectivity index (χ4n) is 4.53. The van der Waals surface area contributed by atoms with Gasteiger partial charge in [0, 0.05) is 10.6 Å². The Morgan fingerprint density at radius 3 is 2.30 bits per heavy atom. The van der Waals surface area contributed by atoms with Gasteiger partial charge in [-0.15, -0.1) is 0 Å². The van der Waals surface area contributed by atoms with Crippen LogP contribution >= 0.6 is 11.6 Å². The van der Waals surface area contributed by atoms with Crippen LogP contribution in [0.3, 0.4) is 0 Å². The highest BCUT2D eigenvalue weighted by molar-refractivity contribution is 7.92. The number of sulfonamides is 1. The highest BCUT2D eigenvalue weighted by atomic mass is 35.5. The van der Waals surface area contributed by atoms with Crippen LogP contribution in [-0.4, -0.2) is 13.5 Å². The maximum Gasteiger partial charge on any atom is 0.264 e. The van der Waals surface area contributed by atoms with Crippen molar-refractivity contribution >= 4 is 27.3 Å². The molecule has 4 nitrogen and oxygen atoms in total. The molecule has 0 aliphatic carbocycles. The van der Waals surface area contributed by atoms with Gasteiger partial charge >= 0.3 is 0 Å². The summed E-state index contributed by atoms with van der Waals surface area (Å²) in [5.41, 5.74) is 5.42. The molecular formula is C27H22ClNO3S. The van der Waals surface area contributed by atoms with Gasteiger partial charge in [0.25, 0.3) is 10.0 Å². The smallest absolute Gasteiger partial charge is 0.264 e. The first-order valence-electron chi connectivity index (χ1n) is 10.7. The molecule has 6 heteroatoms. The monoisotopic (exact) mass is 475 g/mol. The largest absolute Gasteiger partial charge is 0.508 e. The van der Waals surface area contributed by atoms with Crippen molar-refractivity contribution in [3.05, 3.63) is 102 Å². The predicted octanol–water partition coefficient (Wildman–Crippen LogP) is 7.04. The molecule has 5 rings (SSSR count). The number of fused-ring (bicyclic) bond motifs is 3. The first-order chi connectivity index (χ1) is 15.9. The maximum atomic E-state index is 13.9. The van der Waals surface area contributed by atoms with Crippen molar-refractivity contribution in [1.29, 1.82) is 0 Å². The van der Waals surface area contributed by atoms with Gasteiger partial charge in [0.1, 0.15) is 5.75 Å². The van der Waals surface area contributed by atoms with Gasteiger partial charge in [-0.25, -0.2) is 8.42 Å². The Kier molecular flexibility index (Phi) is 5.39. The molecule has 33 heavy (non-hydrogen) atoms. The number of anilines is 1. The summed E-state index contributed by atoms with van der Waals surface area (Å²) in [4.78, 5) is 0.142. The van der Waals surface area contributed by atoms with E-state index in [0.29, 0.717) is 17.1 Å². The van der Waals surface area contributed by atoms with Crippen LogP contribution in [0.15, 0.2) is 95.9 Å². The van der Waals surface area contributed by atoms with E-state index in [2.05, 4.69) is 0 Å². The van der Waals surface area contributed by atoms with E-state index in [1.54, 1.807) is 0 Å². The second-order valence-corrected chi connectivity index (χ2v) is 10.3. The summed E-state index contributed by atoms with van der Waals surface area (Å²) in [7, 11) is -3.88. The Morgan fingerprint density at radius 1 is 0.848 bits per heavy atom. The van der Waals surface area contributed by atoms with Crippen LogP contribution in [0.4, 0.5) is 5.69 Å². The summed E-state index contributed by atoms with van der Waals surface area (Å²) in [6.45, 7) is 1.99. The Balaban J connectivity index is 1.75. The van der Waals surface area contributed by atoms with Crippen molar-refractivity contribution in [2.75, 3.05) is 4.31 Å². The van der Waals surface area contributed by atoms with Crippen molar-refractivity contribution in [3.8, 4) is 28.0 Å². The first-order valence-corrected chi connectivity index (χ1v) is 12.5. The van der Waals surface area contributed by atoms with Gasteiger partial charge in [0.05, 0.1) is 16.6 Å². The van der Waals surface area contributed by atoms with E-state index in [1.807, 2.05) is 73.7 Å². The van der Waals surface area contributed by atoms with Crippen LogP contribution < -0.4 is 4.31 Å². The zero-order chi connectivity index (χ0) is 23.2. The van der Waals surface area contributed by atoms with Crippen LogP contribution in [0, 0.1) is 0 Å². The maximum absolute atomic E-state index is 13.9. The lowest BCUT2D eigenvalue weighted by atomic mass is 9.87. The number of nitrogens with zero attached hydrogens (tertiary/aromatic N) is 1. The Hall–Kier alpha value is -3.28. The van der Waals surface area contributed by atoms with Crippen molar-refractivity contribution < 1.29 is 13.5 Å². The molecule has 166 valence electrons. The molecule has 1 unspecified atom stereocenters. The van der Waals surface area contributed by atoms with E-state index in [-0.39, 0.29) is 16.7 Å². The number of phenolic OH excluding ortho intramolecular Hbond substituents is 1. The fraction of sp³-hybridized carbons (Fsp3) is 0.111. The van der Waals surface area contributed by atoms with E-state index < -0.39 is 10.0 Å². The third kappa shape index (κ3) is 3.67. The number of hydrogen-bond acceptors (Lipinski definition) is 3. The zero-order valence-corrected chi connectivity index (χ0v) is 19.5. The van der Waals surface area contributed by atoms with E-state index in [1.165, 1.54) is 28.6 Å². The topological polar surface area (TPSA) is 57.6 Å². The van der Waals surface area contributed by atoms with Gasteiger partial charge in [0.2, 0.25) is 0 Å². The summed E-state index contributed by atoms with van der Waals surface area (Å²) in [6.07, 6.45) is 0.615. The van der Waals surface area contributed by atoms with Gasteiger partial charge in [-0.3, -0.25) is 4.31 Å². The molecule has 0 spiro atoms. The molecule has 1 N–H and O–H groups in total. The van der Waals surface area contributed by atoms with Gasteiger partial charge in [0.15, 0.2) is 0 Å². The molecule has 0 saturated carbocycles. The van der Waals surface area contributed by atoms with Crippen molar-refractivity contribution in [1.82, 2.24) is 0 Å². The van der Waals surface area contributed by atoms with Crippen LogP contribution in [0.5, 0.6) is 5.75 Å². The standard InChI is InChI=1S/C27H22ClNO3S/c1-2-26-24-9-4-3-8-23(24)25-17-19(18-6-5-7-20(28)16-18)10-15-27(25)29(26)33(31,32)22-13-11-21(30)12-14-22/h3-17,26,30H,2H2,1H3. The van der Waals surface area contributed by atoms with Crippen LogP contribution in [-0.2, 0) is 10.0 Å². The minimum Gasteiger partial charge on any atom is -0.508 e. The lowest BCUT2D eigenvalue weighted by molar-refractivity contribution is 0.474. The van der Waals surface area contributed by atoms with Gasteiger partial charge in [-0.2, -0.15) is 0 Å². The Morgan fingerprint density at radius 2 is 1.58 bits per heavy atom. The minimum absolute atomic E-state index is 0.0246. The Labute approximate surface area is 198 Å². The quantitative estimate of drug-likeness (QED) is 0.344. The Bertz CT molecular complexity index is 1450. The third-order valence-electron chi connectivity index (χ3n) is 6.07. The van der Waals surface area contributed by atoms with Crippen LogP contribution in [0.2, 0.25) is 5.02 Å². The van der Waals surface area contributed by atoms with Gasteiger partial charge < -0.3 is 5.11 Å². The summed E-state index contributed by atoms with van der Waals surface area (Å²) >= 11 is 6.21. The van der Waals surface area contributed by atoms with E-state index in [9.17, 15) is 13.5 Å². The van der Waals surface area contributed by atoms with E-state index >= 15 is 0 Å². The molecule has 1 atom stereocenters. The third-order valence-corrected chi connectivity index (χ3v) is 8.14. The summed E-state index contributed by atoms with van der Waals surface area (Å²) < 4.78 is 29.3. The van der Waals surface area contributed by atoms with Gasteiger partial charge in [-0.1, -0.05) is 61.0 Å². The van der Waals surface area contributed by atoms with Crippen LogP contribution in [0.1, 0.15) is 24.9 Å². The van der Waals surface area contributed by atoms with Crippen molar-refractivity contribution in [2.45, 2.75) is 24.3 Å². The number of hydrogen-bond donors (Lipinski definition) is 1. The molecule has 0 aromatic heterocycles. The highest BCUT2D eigenvalue weighted by Gasteiger charge is 2.38. The second kappa shape index (κ2) is 8.25. The van der Waals surface area contributed by atoms with E-state index in [4.69, 9.17) is 11.6 Å². The summed E-state index contributed by atoms with van der Waals surface area (Å²) in [6, 6.07) is 26.8. The number of aromatic hydroxyl groups is 1. The number of halogens is 1. The zero-order valence-electron chi connectivity index (χ0n) is 17.9. The number of benzene rings is 4. The molecular weight excluding hydrogens is 454 g/mol. The molecule has 1 aliphatic rings. The highest BCUT2D eigenvalue weighted by Crippen LogP contribution is 2.49. The molecule has 0 radical (unpaired) electrons. The SMILES string of the molecule is CCC1c2ccccc2-c2cc(-c3cccc(Cl)c3)ccc2N1S(=O)(=O)c1ccc(O)cc1. The van der Waals surface area contributed by atoms with Crippen molar-refractivity contribution in [3.63, 3.8) is 0 Å². The van der Waals surface area contributed by atoms with Gasteiger partial charge in [-0.05, 0) is 77.2 Å². The average Bonchev–Trinajstić information content (AvgIpc) is 2.83. The fourth-order valence-corrected chi connectivity index (χ4v) is 6.45. The molecule has 1 heterocycles. The van der Waals surface area contributed by atoms with Crippen molar-refractivity contribution in [2.24, 2.45) is 0 Å². The molecule has 0 fully saturated rings. The predicted molar refractivity (Wildman–Crippen MR) is 133 cm³/mol. The summed E-state index contributed by atoms with van der Waals surface area (Å²) in [5, 5.41) is 10.3. The summed E-state index contributed by atoms with van der Waals surface area (Å²) in [5.74, 6) is 0.0246. The molecule has 0 amide bonds. The molecule has 0 saturated heterocycles. The molecule has 0 bridgehead atoms. The lowest BCUT2D eigenvalue weighted by Gasteiger charge is -2.39. The molecule has 4 aromatic rings. The first kappa shape index (κ1) is 21.6. The average molecular weight is 476 g/mol. The molecule has 1 aliphatic heterocycles. The minimum atomic E-state index is -3.88. The normalized spacial score (nSPS) is 15.1. The number of phenols is 1. The van der Waals surface area contributed by atoms with E-state index in [0.717, 1.165) is 27.8 Å². The molecule has 4 aromatic carbocycles. The number of rotatable bonds is 4. The van der Waals surface area contributed by atoms with Crippen LogP contribution in [0.25, 0.3) is 22.3 Å².